The lowest BCUT2D eigenvalue weighted by molar-refractivity contribution is 1.55. The predicted octanol–water partition coefficient (Wildman–Crippen LogP) is 33.6. The first-order chi connectivity index (χ1) is 59.5. The Labute approximate surface area is 700 Å². The molecule has 0 aliphatic carbocycles. The molecule has 0 saturated heterocycles. The maximum Gasteiger partial charge on any atom is -0.00257 e. The average Bonchev–Trinajstić information content (AvgIpc) is 0.732. The fourth-order valence-electron chi connectivity index (χ4n) is 18.4. The minimum Gasteiger partial charge on any atom is -0.0622 e. The van der Waals surface area contributed by atoms with Gasteiger partial charge in [0.25, 0.3) is 0 Å². The Morgan fingerprint density at radius 3 is 0.450 bits per heavy atom. The molecule has 0 nitrogen and oxygen atoms in total. The van der Waals surface area contributed by atoms with Gasteiger partial charge in [-0.05, 0) is 269 Å². The summed E-state index contributed by atoms with van der Waals surface area (Å²) in [6, 6.07) is 178. The fraction of sp³-hybridized carbons (Fsp3) is 0. The van der Waals surface area contributed by atoms with Gasteiger partial charge < -0.3 is 0 Å². The Kier molecular flexibility index (Phi) is 19.2. The minimum atomic E-state index is 1.18. The van der Waals surface area contributed by atoms with E-state index in [1.165, 1.54) is 220 Å². The van der Waals surface area contributed by atoms with Crippen LogP contribution in [-0.2, 0) is 0 Å². The first-order valence-corrected chi connectivity index (χ1v) is 41.5. The third kappa shape index (κ3) is 13.8. The van der Waals surface area contributed by atoms with Crippen LogP contribution < -0.4 is 0 Å². The SMILES string of the molecule is c1ccc(-c2cc(-c3c4ccccc4c(-c4cc(-c5ccccc5)c(-c5ccccc5)c(-c5ccccc5)c4)c4cc5ccccc5cc34)cc(-c3ccccc3)c2-c2ccccc2)cc1.c1ccc(-c2ccc(-c3ccc(-c4c5ccccc5c(-c5ccc(-c6ccc(-c7ccccc7)cc6)cc5)c5cc6ccccc6cc45)cc3)cc2)cc1. The summed E-state index contributed by atoms with van der Waals surface area (Å²) in [7, 11) is 0. The highest BCUT2D eigenvalue weighted by Gasteiger charge is 2.26. The molecule has 22 rings (SSSR count). The van der Waals surface area contributed by atoms with Crippen molar-refractivity contribution in [2.75, 3.05) is 0 Å². The van der Waals surface area contributed by atoms with Crippen LogP contribution >= 0.6 is 0 Å². The molecule has 22 aromatic rings. The second-order valence-corrected chi connectivity index (χ2v) is 31.2. The first-order valence-electron chi connectivity index (χ1n) is 41.5. The van der Waals surface area contributed by atoms with Crippen molar-refractivity contribution in [3.63, 3.8) is 0 Å². The van der Waals surface area contributed by atoms with Crippen LogP contribution in [0.2, 0.25) is 0 Å². The van der Waals surface area contributed by atoms with Crippen LogP contribution in [0.3, 0.4) is 0 Å². The number of rotatable bonds is 14. The molecule has 0 aliphatic rings. The molecule has 0 atom stereocenters. The Bertz CT molecular complexity index is 6920. The lowest BCUT2D eigenvalue weighted by Gasteiger charge is -2.23. The molecule has 0 aromatic heterocycles. The average molecular weight is 1520 g/mol. The summed E-state index contributed by atoms with van der Waals surface area (Å²) >= 11 is 0. The zero-order valence-corrected chi connectivity index (χ0v) is 66.2. The quantitative estimate of drug-likeness (QED) is 0.0952. The van der Waals surface area contributed by atoms with E-state index in [0.717, 1.165) is 0 Å². The van der Waals surface area contributed by atoms with Crippen LogP contribution in [-0.4, -0.2) is 0 Å². The summed E-state index contributed by atoms with van der Waals surface area (Å²) in [6.45, 7) is 0. The molecule has 0 unspecified atom stereocenters. The Morgan fingerprint density at radius 1 is 0.0833 bits per heavy atom. The fourth-order valence-corrected chi connectivity index (χ4v) is 18.4. The molecule has 0 spiro atoms. The van der Waals surface area contributed by atoms with E-state index in [9.17, 15) is 0 Å². The van der Waals surface area contributed by atoms with Gasteiger partial charge in [0.2, 0.25) is 0 Å². The molecule has 22 aromatic carbocycles. The lowest BCUT2D eigenvalue weighted by atomic mass is 9.79. The highest BCUT2D eigenvalue weighted by molar-refractivity contribution is 6.26. The molecule has 0 N–H and O–H groups in total. The minimum absolute atomic E-state index is 1.18. The van der Waals surface area contributed by atoms with E-state index in [4.69, 9.17) is 0 Å². The van der Waals surface area contributed by atoms with E-state index in [2.05, 4.69) is 485 Å². The summed E-state index contributed by atoms with van der Waals surface area (Å²) in [5.74, 6) is 0. The van der Waals surface area contributed by atoms with Crippen molar-refractivity contribution in [3.05, 3.63) is 485 Å². The van der Waals surface area contributed by atoms with Crippen molar-refractivity contribution >= 4 is 64.6 Å². The van der Waals surface area contributed by atoms with Crippen LogP contribution in [0.1, 0.15) is 0 Å². The molecule has 0 radical (unpaired) electrons. The Balaban J connectivity index is 0.000000151. The number of fused-ring (bicyclic) bond motifs is 6. The zero-order valence-electron chi connectivity index (χ0n) is 66.2. The Morgan fingerprint density at radius 2 is 0.233 bits per heavy atom. The van der Waals surface area contributed by atoms with Crippen LogP contribution in [0.15, 0.2) is 485 Å². The van der Waals surface area contributed by atoms with Crippen molar-refractivity contribution in [3.8, 4) is 156 Å². The van der Waals surface area contributed by atoms with Crippen LogP contribution in [0, 0.1) is 0 Å². The van der Waals surface area contributed by atoms with Gasteiger partial charge in [-0.2, -0.15) is 0 Å². The van der Waals surface area contributed by atoms with Gasteiger partial charge in [0.15, 0.2) is 0 Å². The van der Waals surface area contributed by atoms with Crippen molar-refractivity contribution in [1.29, 1.82) is 0 Å². The van der Waals surface area contributed by atoms with Crippen molar-refractivity contribution in [2.45, 2.75) is 0 Å². The van der Waals surface area contributed by atoms with E-state index in [-0.39, 0.29) is 0 Å². The predicted molar refractivity (Wildman–Crippen MR) is 514 cm³/mol. The number of hydrogen-bond acceptors (Lipinski definition) is 0. The van der Waals surface area contributed by atoms with E-state index in [1.54, 1.807) is 0 Å². The summed E-state index contributed by atoms with van der Waals surface area (Å²) in [6.07, 6.45) is 0. The molecule has 560 valence electrons. The van der Waals surface area contributed by atoms with Gasteiger partial charge in [-0.15, -0.1) is 0 Å². The molecule has 0 amide bonds. The molecular weight excluding hydrogens is 1440 g/mol. The summed E-state index contributed by atoms with van der Waals surface area (Å²) in [5, 5.41) is 14.9. The molecule has 0 aliphatic heterocycles. The summed E-state index contributed by atoms with van der Waals surface area (Å²) in [5.41, 5.74) is 34.0. The molecule has 0 heteroatoms. The largest absolute Gasteiger partial charge is 0.0622 e. The summed E-state index contributed by atoms with van der Waals surface area (Å²) < 4.78 is 0. The van der Waals surface area contributed by atoms with Crippen LogP contribution in [0.25, 0.3) is 220 Å². The van der Waals surface area contributed by atoms with Gasteiger partial charge in [-0.3, -0.25) is 0 Å². The van der Waals surface area contributed by atoms with Crippen molar-refractivity contribution in [2.24, 2.45) is 0 Å². The normalized spacial score (nSPS) is 11.3. The van der Waals surface area contributed by atoms with Gasteiger partial charge in [-0.25, -0.2) is 0 Å². The van der Waals surface area contributed by atoms with Crippen LogP contribution in [0.4, 0.5) is 0 Å². The van der Waals surface area contributed by atoms with Gasteiger partial charge in [0.1, 0.15) is 0 Å². The smallest absolute Gasteiger partial charge is 0.00257 e. The van der Waals surface area contributed by atoms with E-state index in [1.807, 2.05) is 0 Å². The second kappa shape index (κ2) is 31.9. The molecule has 0 saturated carbocycles. The first kappa shape index (κ1) is 72.1. The third-order valence-electron chi connectivity index (χ3n) is 24.1. The van der Waals surface area contributed by atoms with Gasteiger partial charge in [0.05, 0.1) is 0 Å². The van der Waals surface area contributed by atoms with E-state index in [0.29, 0.717) is 0 Å². The number of benzene rings is 22. The Hall–Kier alpha value is -15.6. The maximum atomic E-state index is 2.45. The van der Waals surface area contributed by atoms with Gasteiger partial charge in [0, 0.05) is 0 Å². The molecule has 0 fully saturated rings. The molecule has 0 bridgehead atoms. The second-order valence-electron chi connectivity index (χ2n) is 31.2. The van der Waals surface area contributed by atoms with Crippen molar-refractivity contribution < 1.29 is 0 Å². The molecule has 120 heavy (non-hydrogen) atoms. The van der Waals surface area contributed by atoms with Gasteiger partial charge in [-0.1, -0.05) is 437 Å². The monoisotopic (exact) mass is 1520 g/mol. The number of hydrogen-bond donors (Lipinski definition) is 0. The summed E-state index contributed by atoms with van der Waals surface area (Å²) in [4.78, 5) is 0. The third-order valence-corrected chi connectivity index (χ3v) is 24.1. The van der Waals surface area contributed by atoms with Crippen LogP contribution in [0.5, 0.6) is 0 Å². The molecule has 0 heterocycles. The highest BCUT2D eigenvalue weighted by Crippen LogP contribution is 2.53. The van der Waals surface area contributed by atoms with Gasteiger partial charge >= 0.3 is 0 Å². The molecular formula is C120H80. The highest BCUT2D eigenvalue weighted by atomic mass is 14.3. The van der Waals surface area contributed by atoms with E-state index < -0.39 is 0 Å². The standard InChI is InChI=1S/C66H44.C54H36/c1-7-23-45(24-8-1)57-41-53(42-58(46-25-9-2-10-26-46)63(57)49-31-15-5-16-32-49)65-55-37-21-22-38-56(55)66(62-40-52-36-20-19-35-51(52)39-61(62)65)54-43-59(47-27-11-3-12-28-47)64(50-33-17-6-18-34-50)60(44-54)48-29-13-4-14-30-48;1-3-11-37(12-4-1)39-19-23-41(24-20-39)43-27-31-45(32-28-43)53-49-17-9-10-18-50(49)54(52-36-48-16-8-7-15-47(48)35-51(52)53)46-33-29-44(30-34-46)42-25-21-40(22-26-42)38-13-5-2-6-14-38/h1-44H;1-36H. The maximum absolute atomic E-state index is 2.45. The lowest BCUT2D eigenvalue weighted by Crippen LogP contribution is -1.97. The topological polar surface area (TPSA) is 0 Å². The van der Waals surface area contributed by atoms with E-state index >= 15 is 0 Å². The van der Waals surface area contributed by atoms with Crippen molar-refractivity contribution in [1.82, 2.24) is 0 Å². The zero-order chi connectivity index (χ0) is 79.7.